The minimum absolute atomic E-state index is 0.0332. The van der Waals surface area contributed by atoms with Gasteiger partial charge in [0.25, 0.3) is 0 Å². The summed E-state index contributed by atoms with van der Waals surface area (Å²) >= 11 is 0. The van der Waals surface area contributed by atoms with Gasteiger partial charge >= 0.3 is 0 Å². The Morgan fingerprint density at radius 3 is 2.23 bits per heavy atom. The summed E-state index contributed by atoms with van der Waals surface area (Å²) in [5, 5.41) is 0. The van der Waals surface area contributed by atoms with E-state index in [1.165, 1.54) is 11.1 Å². The summed E-state index contributed by atoms with van der Waals surface area (Å²) in [5.74, 6) is 1.90. The van der Waals surface area contributed by atoms with Gasteiger partial charge in [-0.25, -0.2) is 0 Å². The van der Waals surface area contributed by atoms with Crippen LogP contribution in [0.4, 0.5) is 0 Å². The van der Waals surface area contributed by atoms with Crippen molar-refractivity contribution in [3.05, 3.63) is 58.7 Å². The van der Waals surface area contributed by atoms with E-state index in [0.29, 0.717) is 5.75 Å². The van der Waals surface area contributed by atoms with Crippen LogP contribution in [-0.4, -0.2) is 20.0 Å². The van der Waals surface area contributed by atoms with Gasteiger partial charge in [0, 0.05) is 23.0 Å². The molecule has 2 aromatic carbocycles. The monoisotopic (exact) mass is 294 g/mol. The number of carbonyl (C=O) groups is 1. The Kier molecular flexibility index (Phi) is 2.96. The summed E-state index contributed by atoms with van der Waals surface area (Å²) in [6.07, 6.45) is 1.71. The van der Waals surface area contributed by atoms with Gasteiger partial charge in [0.1, 0.15) is 0 Å². The maximum Gasteiger partial charge on any atom is 0.167 e. The van der Waals surface area contributed by atoms with Gasteiger partial charge in [-0.2, -0.15) is 0 Å². The summed E-state index contributed by atoms with van der Waals surface area (Å²) < 4.78 is 11.0. The molecule has 112 valence electrons. The maximum atomic E-state index is 12.8. The highest BCUT2D eigenvalue weighted by atomic mass is 16.5. The molecular formula is C19H18O3. The number of hydrogen-bond donors (Lipinski definition) is 0. The van der Waals surface area contributed by atoms with Crippen LogP contribution in [0, 0.1) is 5.92 Å². The lowest BCUT2D eigenvalue weighted by atomic mass is 9.76. The minimum atomic E-state index is 0.0332. The zero-order valence-corrected chi connectivity index (χ0v) is 12.8. The van der Waals surface area contributed by atoms with Crippen molar-refractivity contribution in [3.63, 3.8) is 0 Å². The first-order chi connectivity index (χ1) is 10.7. The van der Waals surface area contributed by atoms with E-state index in [4.69, 9.17) is 9.47 Å². The molecule has 3 nitrogen and oxygen atoms in total. The predicted molar refractivity (Wildman–Crippen MR) is 84.0 cm³/mol. The number of Topliss-reactive ketones (excluding diaryl/α,β-unsaturated/α-hetero) is 1. The van der Waals surface area contributed by atoms with Crippen molar-refractivity contribution in [2.45, 2.75) is 18.8 Å². The first-order valence-electron chi connectivity index (χ1n) is 7.60. The molecule has 2 aliphatic rings. The van der Waals surface area contributed by atoms with Gasteiger partial charge in [-0.3, -0.25) is 4.79 Å². The molecule has 4 rings (SSSR count). The van der Waals surface area contributed by atoms with Crippen molar-refractivity contribution in [3.8, 4) is 11.5 Å². The minimum Gasteiger partial charge on any atom is -0.493 e. The summed E-state index contributed by atoms with van der Waals surface area (Å²) in [6, 6.07) is 12.2. The zero-order valence-electron chi connectivity index (χ0n) is 12.8. The molecule has 0 bridgehead atoms. The quantitative estimate of drug-likeness (QED) is 0.851. The number of methoxy groups -OCH3 is 2. The molecule has 22 heavy (non-hydrogen) atoms. The topological polar surface area (TPSA) is 35.5 Å². The van der Waals surface area contributed by atoms with Gasteiger partial charge in [-0.1, -0.05) is 24.3 Å². The molecule has 0 radical (unpaired) electrons. The van der Waals surface area contributed by atoms with E-state index in [1.807, 2.05) is 12.1 Å². The second-order valence-corrected chi connectivity index (χ2v) is 6.02. The fourth-order valence-electron chi connectivity index (χ4n) is 4.03. The number of hydrogen-bond acceptors (Lipinski definition) is 3. The molecule has 0 aliphatic heterocycles. The molecule has 2 atom stereocenters. The standard InChI is InChI=1S/C19H18O3/c1-21-16-8-7-13-17(19(16)22-2)14-9-11-5-3-4-6-12(11)10-15(14)18(13)20/h3-8,14-15H,9-10H2,1-2H3/t14-,15+/m1/s1. The second kappa shape index (κ2) is 4.87. The van der Waals surface area contributed by atoms with E-state index in [1.54, 1.807) is 14.2 Å². The number of fused-ring (bicyclic) bond motifs is 4. The van der Waals surface area contributed by atoms with Crippen LogP contribution in [0.3, 0.4) is 0 Å². The van der Waals surface area contributed by atoms with Crippen LogP contribution < -0.4 is 9.47 Å². The highest BCUT2D eigenvalue weighted by Crippen LogP contribution is 2.51. The van der Waals surface area contributed by atoms with Crippen molar-refractivity contribution in [2.75, 3.05) is 14.2 Å². The third-order valence-electron chi connectivity index (χ3n) is 5.04. The van der Waals surface area contributed by atoms with Crippen molar-refractivity contribution in [1.82, 2.24) is 0 Å². The van der Waals surface area contributed by atoms with Gasteiger partial charge in [0.05, 0.1) is 14.2 Å². The molecule has 2 aromatic rings. The van der Waals surface area contributed by atoms with Gasteiger partial charge in [0.2, 0.25) is 0 Å². The first-order valence-corrected chi connectivity index (χ1v) is 7.60. The molecule has 0 saturated carbocycles. The van der Waals surface area contributed by atoms with Crippen LogP contribution in [0.1, 0.15) is 33.0 Å². The molecule has 0 N–H and O–H groups in total. The average Bonchev–Trinajstić information content (AvgIpc) is 2.84. The lowest BCUT2D eigenvalue weighted by molar-refractivity contribution is 0.0918. The summed E-state index contributed by atoms with van der Waals surface area (Å²) in [5.41, 5.74) is 4.48. The lowest BCUT2D eigenvalue weighted by Gasteiger charge is -2.28. The third kappa shape index (κ3) is 1.71. The van der Waals surface area contributed by atoms with Crippen molar-refractivity contribution in [1.29, 1.82) is 0 Å². The van der Waals surface area contributed by atoms with Gasteiger partial charge in [0.15, 0.2) is 17.3 Å². The van der Waals surface area contributed by atoms with E-state index in [9.17, 15) is 4.79 Å². The molecule has 0 spiro atoms. The Bertz CT molecular complexity index is 763. The maximum absolute atomic E-state index is 12.8. The summed E-state index contributed by atoms with van der Waals surface area (Å²) in [7, 11) is 3.28. The van der Waals surface area contributed by atoms with E-state index < -0.39 is 0 Å². The molecule has 0 heterocycles. The number of rotatable bonds is 2. The smallest absolute Gasteiger partial charge is 0.167 e. The van der Waals surface area contributed by atoms with E-state index >= 15 is 0 Å². The Morgan fingerprint density at radius 1 is 0.909 bits per heavy atom. The van der Waals surface area contributed by atoms with E-state index in [0.717, 1.165) is 29.7 Å². The van der Waals surface area contributed by atoms with Crippen LogP contribution >= 0.6 is 0 Å². The Balaban J connectivity index is 1.88. The average molecular weight is 294 g/mol. The van der Waals surface area contributed by atoms with Crippen LogP contribution in [-0.2, 0) is 12.8 Å². The number of ketones is 1. The largest absolute Gasteiger partial charge is 0.493 e. The fourth-order valence-corrected chi connectivity index (χ4v) is 4.03. The van der Waals surface area contributed by atoms with Crippen LogP contribution in [0.15, 0.2) is 36.4 Å². The predicted octanol–water partition coefficient (Wildman–Crippen LogP) is 3.40. The summed E-state index contributed by atoms with van der Waals surface area (Å²) in [6.45, 7) is 0. The van der Waals surface area contributed by atoms with Crippen molar-refractivity contribution >= 4 is 5.78 Å². The molecule has 0 saturated heterocycles. The highest BCUT2D eigenvalue weighted by Gasteiger charge is 2.44. The van der Waals surface area contributed by atoms with E-state index in [-0.39, 0.29) is 17.6 Å². The second-order valence-electron chi connectivity index (χ2n) is 6.02. The molecule has 0 aromatic heterocycles. The Labute approximate surface area is 129 Å². The molecule has 0 amide bonds. The van der Waals surface area contributed by atoms with Gasteiger partial charge in [-0.05, 0) is 36.1 Å². The SMILES string of the molecule is COc1ccc2c(c1OC)[C@@H]1Cc3ccccc3C[C@@H]1C2=O. The molecular weight excluding hydrogens is 276 g/mol. The Morgan fingerprint density at radius 2 is 1.59 bits per heavy atom. The number of ether oxygens (including phenoxy) is 2. The lowest BCUT2D eigenvalue weighted by Crippen LogP contribution is -2.24. The number of carbonyl (C=O) groups excluding carboxylic acids is 1. The van der Waals surface area contributed by atoms with Crippen molar-refractivity contribution in [2.24, 2.45) is 5.92 Å². The first kappa shape index (κ1) is 13.4. The van der Waals surface area contributed by atoms with Crippen molar-refractivity contribution < 1.29 is 14.3 Å². The highest BCUT2D eigenvalue weighted by molar-refractivity contribution is 6.04. The molecule has 2 aliphatic carbocycles. The summed E-state index contributed by atoms with van der Waals surface area (Å²) in [4.78, 5) is 12.8. The normalized spacial score (nSPS) is 21.8. The fraction of sp³-hybridized carbons (Fsp3) is 0.316. The van der Waals surface area contributed by atoms with Crippen LogP contribution in [0.2, 0.25) is 0 Å². The van der Waals surface area contributed by atoms with Gasteiger partial charge < -0.3 is 9.47 Å². The number of benzene rings is 2. The van der Waals surface area contributed by atoms with Crippen LogP contribution in [0.25, 0.3) is 0 Å². The molecule has 0 unspecified atom stereocenters. The Hall–Kier alpha value is -2.29. The molecule has 0 fully saturated rings. The third-order valence-corrected chi connectivity index (χ3v) is 5.04. The zero-order chi connectivity index (χ0) is 15.3. The van der Waals surface area contributed by atoms with E-state index in [2.05, 4.69) is 24.3 Å². The van der Waals surface area contributed by atoms with Crippen LogP contribution in [0.5, 0.6) is 11.5 Å². The van der Waals surface area contributed by atoms with Gasteiger partial charge in [-0.15, -0.1) is 0 Å². The molecule has 3 heteroatoms.